The van der Waals surface area contributed by atoms with Crippen molar-refractivity contribution < 1.29 is 24.2 Å². The quantitative estimate of drug-likeness (QED) is 0.491. The second-order valence-electron chi connectivity index (χ2n) is 10.2. The highest BCUT2D eigenvalue weighted by Gasteiger charge is 2.75. The van der Waals surface area contributed by atoms with Crippen molar-refractivity contribution in [3.05, 3.63) is 64.7 Å². The molecule has 3 aliphatic rings. The maximum Gasteiger partial charge on any atom is 0.250 e. The largest absolute Gasteiger partial charge is 0.394 e. The molecule has 9 heteroatoms. The van der Waals surface area contributed by atoms with Crippen molar-refractivity contribution >= 4 is 35.0 Å². The van der Waals surface area contributed by atoms with E-state index in [1.807, 2.05) is 50.2 Å². The molecule has 8 nitrogen and oxygen atoms in total. The fourth-order valence-corrected chi connectivity index (χ4v) is 6.65. The van der Waals surface area contributed by atoms with Gasteiger partial charge in [-0.05, 0) is 43.4 Å². The van der Waals surface area contributed by atoms with E-state index in [2.05, 4.69) is 10.6 Å². The zero-order chi connectivity index (χ0) is 26.3. The van der Waals surface area contributed by atoms with Crippen LogP contribution in [-0.4, -0.2) is 58.1 Å². The molecule has 2 unspecified atom stereocenters. The minimum absolute atomic E-state index is 0.256. The second-order valence-corrected chi connectivity index (χ2v) is 10.6. The van der Waals surface area contributed by atoms with Crippen LogP contribution in [0.5, 0.6) is 0 Å². The van der Waals surface area contributed by atoms with Crippen molar-refractivity contribution in [1.82, 2.24) is 10.2 Å². The number of nitrogens with zero attached hydrogens (tertiary/aromatic N) is 1. The van der Waals surface area contributed by atoms with E-state index in [0.717, 1.165) is 11.1 Å². The Morgan fingerprint density at radius 2 is 1.95 bits per heavy atom. The summed E-state index contributed by atoms with van der Waals surface area (Å²) in [6.07, 6.45) is 1.06. The van der Waals surface area contributed by atoms with Crippen LogP contribution in [-0.2, 0) is 25.7 Å². The van der Waals surface area contributed by atoms with E-state index >= 15 is 0 Å². The number of nitrogens with one attached hydrogen (secondary N) is 2. The van der Waals surface area contributed by atoms with Gasteiger partial charge in [0, 0.05) is 6.54 Å². The lowest BCUT2D eigenvalue weighted by atomic mass is 9.70. The molecule has 3 saturated heterocycles. The summed E-state index contributed by atoms with van der Waals surface area (Å²) in [7, 11) is 0. The first-order valence-electron chi connectivity index (χ1n) is 12.8. The van der Waals surface area contributed by atoms with Gasteiger partial charge in [0.2, 0.25) is 17.7 Å². The van der Waals surface area contributed by atoms with Crippen LogP contribution in [0.4, 0.5) is 5.69 Å². The lowest BCUT2D eigenvalue weighted by Crippen LogP contribution is -2.56. The first-order valence-corrected chi connectivity index (χ1v) is 13.2. The fraction of sp³-hybridized carbons (Fsp3) is 0.464. The molecule has 2 bridgehead atoms. The number of rotatable bonds is 8. The number of halogens is 1. The normalized spacial score (nSPS) is 28.8. The predicted octanol–water partition coefficient (Wildman–Crippen LogP) is 3.05. The predicted molar refractivity (Wildman–Crippen MR) is 139 cm³/mol. The third-order valence-electron chi connectivity index (χ3n) is 8.14. The zero-order valence-corrected chi connectivity index (χ0v) is 21.7. The summed E-state index contributed by atoms with van der Waals surface area (Å²) in [5, 5.41) is 16.4. The van der Waals surface area contributed by atoms with E-state index in [1.54, 1.807) is 12.1 Å². The van der Waals surface area contributed by atoms with Gasteiger partial charge in [-0.3, -0.25) is 14.4 Å². The van der Waals surface area contributed by atoms with Crippen molar-refractivity contribution in [2.75, 3.05) is 11.9 Å². The van der Waals surface area contributed by atoms with Crippen LogP contribution < -0.4 is 10.6 Å². The van der Waals surface area contributed by atoms with Crippen LogP contribution in [0, 0.1) is 18.8 Å². The molecule has 3 aliphatic heterocycles. The zero-order valence-electron chi connectivity index (χ0n) is 20.9. The summed E-state index contributed by atoms with van der Waals surface area (Å²) in [6.45, 7) is 3.74. The van der Waals surface area contributed by atoms with Gasteiger partial charge < -0.3 is 25.4 Å². The Hall–Kier alpha value is -2.94. The third-order valence-corrected chi connectivity index (χ3v) is 8.46. The highest BCUT2D eigenvalue weighted by atomic mass is 35.5. The molecule has 3 N–H and O–H groups in total. The van der Waals surface area contributed by atoms with Crippen LogP contribution in [0.25, 0.3) is 0 Å². The minimum atomic E-state index is -1.14. The molecule has 5 rings (SSSR count). The molecule has 0 radical (unpaired) electrons. The lowest BCUT2D eigenvalue weighted by molar-refractivity contribution is -0.144. The molecule has 3 fully saturated rings. The number of aliphatic hydroxyl groups is 1. The lowest BCUT2D eigenvalue weighted by Gasteiger charge is -2.36. The van der Waals surface area contributed by atoms with Gasteiger partial charge in [0.25, 0.3) is 0 Å². The Balaban J connectivity index is 1.47. The van der Waals surface area contributed by atoms with E-state index in [9.17, 15) is 19.5 Å². The highest BCUT2D eigenvalue weighted by Crippen LogP contribution is 2.59. The average molecular weight is 526 g/mol. The molecule has 1 spiro atoms. The Labute approximate surface area is 221 Å². The summed E-state index contributed by atoms with van der Waals surface area (Å²) >= 11 is 6.38. The van der Waals surface area contributed by atoms with E-state index in [-0.39, 0.29) is 18.4 Å². The average Bonchev–Trinajstić information content (AvgIpc) is 3.54. The highest BCUT2D eigenvalue weighted by molar-refractivity contribution is 6.34. The van der Waals surface area contributed by atoms with E-state index < -0.39 is 41.5 Å². The Kier molecular flexibility index (Phi) is 7.00. The smallest absolute Gasteiger partial charge is 0.250 e. The molecule has 196 valence electrons. The SMILES string of the molecule is CC[C@@H](CO)N1C(=O)[C@@H]2[C@H](C(=O)NCc3ccccc3)[C@@H]3CCC2(O3)C1C(=O)Nc1c(C)cccc1Cl. The van der Waals surface area contributed by atoms with Gasteiger partial charge in [-0.2, -0.15) is 0 Å². The van der Waals surface area contributed by atoms with Crippen LogP contribution in [0.15, 0.2) is 48.5 Å². The van der Waals surface area contributed by atoms with Gasteiger partial charge in [0.05, 0.1) is 41.3 Å². The Morgan fingerprint density at radius 3 is 2.62 bits per heavy atom. The summed E-state index contributed by atoms with van der Waals surface area (Å²) in [5.74, 6) is -2.51. The molecule has 0 aliphatic carbocycles. The van der Waals surface area contributed by atoms with Crippen molar-refractivity contribution in [2.24, 2.45) is 11.8 Å². The number of likely N-dealkylation sites (tertiary alicyclic amines) is 1. The number of carbonyl (C=O) groups excluding carboxylic acids is 3. The van der Waals surface area contributed by atoms with Crippen molar-refractivity contribution in [1.29, 1.82) is 0 Å². The van der Waals surface area contributed by atoms with Crippen LogP contribution in [0.1, 0.15) is 37.3 Å². The van der Waals surface area contributed by atoms with Gasteiger partial charge in [-0.25, -0.2) is 0 Å². The van der Waals surface area contributed by atoms with E-state index in [1.165, 1.54) is 4.90 Å². The number of amides is 3. The summed E-state index contributed by atoms with van der Waals surface area (Å²) in [4.78, 5) is 42.8. The maximum absolute atomic E-state index is 14.0. The van der Waals surface area contributed by atoms with Crippen LogP contribution in [0.2, 0.25) is 5.02 Å². The molecular weight excluding hydrogens is 494 g/mol. The summed E-state index contributed by atoms with van der Waals surface area (Å²) in [5.41, 5.74) is 1.07. The maximum atomic E-state index is 14.0. The minimum Gasteiger partial charge on any atom is -0.394 e. The number of hydrogen-bond acceptors (Lipinski definition) is 5. The second kappa shape index (κ2) is 10.1. The molecule has 0 aromatic heterocycles. The van der Waals surface area contributed by atoms with Crippen LogP contribution >= 0.6 is 11.6 Å². The number of aryl methyl sites for hydroxylation is 1. The van der Waals surface area contributed by atoms with E-state index in [0.29, 0.717) is 36.5 Å². The Morgan fingerprint density at radius 1 is 1.19 bits per heavy atom. The number of aliphatic hydroxyl groups excluding tert-OH is 1. The van der Waals surface area contributed by atoms with Gasteiger partial charge in [-0.15, -0.1) is 0 Å². The molecule has 6 atom stereocenters. The number of fused-ring (bicyclic) bond motifs is 1. The van der Waals surface area contributed by atoms with E-state index in [4.69, 9.17) is 16.3 Å². The van der Waals surface area contributed by atoms with Gasteiger partial charge in [0.1, 0.15) is 11.6 Å². The van der Waals surface area contributed by atoms with Crippen molar-refractivity contribution in [2.45, 2.75) is 63.4 Å². The number of ether oxygens (including phenoxy) is 1. The number of para-hydroxylation sites is 1. The van der Waals surface area contributed by atoms with Gasteiger partial charge in [-0.1, -0.05) is 61.0 Å². The van der Waals surface area contributed by atoms with Gasteiger partial charge >= 0.3 is 0 Å². The Bertz CT molecular complexity index is 1180. The number of anilines is 1. The monoisotopic (exact) mass is 525 g/mol. The fourth-order valence-electron chi connectivity index (χ4n) is 6.38. The molecule has 3 heterocycles. The van der Waals surface area contributed by atoms with Crippen molar-refractivity contribution in [3.63, 3.8) is 0 Å². The number of carbonyl (C=O) groups is 3. The molecule has 3 amide bonds. The molecule has 2 aromatic carbocycles. The summed E-state index contributed by atoms with van der Waals surface area (Å²) < 4.78 is 6.44. The number of hydrogen-bond donors (Lipinski definition) is 3. The molecular formula is C28H32ClN3O5. The topological polar surface area (TPSA) is 108 Å². The standard InChI is InChI=1S/C28H32ClN3O5/c1-3-18(15-33)32-24(26(35)31-23-16(2)8-7-11-19(23)29)28-13-12-20(37-28)21(22(28)27(32)36)25(34)30-14-17-9-5-4-6-10-17/h4-11,18,20-22,24,33H,3,12-15H2,1-2H3,(H,30,34)(H,31,35)/t18-,20-,21+,22-,24?,28?/m0/s1. The molecule has 37 heavy (non-hydrogen) atoms. The molecule has 2 aromatic rings. The number of benzene rings is 2. The first kappa shape index (κ1) is 25.7. The summed E-state index contributed by atoms with van der Waals surface area (Å²) in [6, 6.07) is 13.3. The van der Waals surface area contributed by atoms with Gasteiger partial charge in [0.15, 0.2) is 0 Å². The van der Waals surface area contributed by atoms with Crippen LogP contribution in [0.3, 0.4) is 0 Å². The third kappa shape index (κ3) is 4.21. The van der Waals surface area contributed by atoms with Crippen molar-refractivity contribution in [3.8, 4) is 0 Å². The molecule has 0 saturated carbocycles. The first-order chi connectivity index (χ1) is 17.8.